The molecule has 0 bridgehead atoms. The van der Waals surface area contributed by atoms with Gasteiger partial charge in [-0.25, -0.2) is 4.79 Å². The van der Waals surface area contributed by atoms with Crippen LogP contribution in [0.2, 0.25) is 0 Å². The van der Waals surface area contributed by atoms with Crippen molar-refractivity contribution in [2.45, 2.75) is 19.8 Å². The van der Waals surface area contributed by atoms with Gasteiger partial charge in [-0.1, -0.05) is 24.3 Å². The van der Waals surface area contributed by atoms with E-state index in [1.165, 1.54) is 18.9 Å². The molecule has 0 saturated carbocycles. The maximum absolute atomic E-state index is 12.9. The van der Waals surface area contributed by atoms with Crippen LogP contribution in [0.5, 0.6) is 5.75 Å². The van der Waals surface area contributed by atoms with Crippen LogP contribution >= 0.6 is 0 Å². The Morgan fingerprint density at radius 3 is 2.65 bits per heavy atom. The Morgan fingerprint density at radius 2 is 1.88 bits per heavy atom. The lowest BCUT2D eigenvalue weighted by Gasteiger charge is -2.15. The summed E-state index contributed by atoms with van der Waals surface area (Å²) < 4.78 is 10.9. The molecule has 1 N–H and O–H groups in total. The van der Waals surface area contributed by atoms with Crippen molar-refractivity contribution in [1.82, 2.24) is 10.2 Å². The molecule has 1 fully saturated rings. The van der Waals surface area contributed by atoms with E-state index in [1.54, 1.807) is 30.3 Å². The van der Waals surface area contributed by atoms with Crippen molar-refractivity contribution in [2.75, 3.05) is 29.9 Å². The van der Waals surface area contributed by atoms with Gasteiger partial charge in [0, 0.05) is 29.7 Å². The summed E-state index contributed by atoms with van der Waals surface area (Å²) in [4.78, 5) is 27.7. The minimum absolute atomic E-state index is 0.0821. The van der Waals surface area contributed by atoms with Crippen LogP contribution in [-0.2, 0) is 0 Å². The molecule has 1 aliphatic heterocycles. The Balaban J connectivity index is 1.37. The normalized spacial score (nSPS) is 13.3. The molecule has 0 spiro atoms. The molecular formula is C26H24N4O4. The number of carbonyl (C=O) groups excluding carboxylic acids is 1. The number of rotatable bonds is 6. The second-order valence-electron chi connectivity index (χ2n) is 8.06. The third kappa shape index (κ3) is 4.34. The number of benzene rings is 2. The maximum Gasteiger partial charge on any atom is 0.349 e. The molecule has 8 heteroatoms. The molecule has 2 aromatic carbocycles. The number of carbonyl (C=O) groups is 1. The van der Waals surface area contributed by atoms with Gasteiger partial charge in [-0.15, -0.1) is 10.2 Å². The first-order chi connectivity index (χ1) is 16.6. The molecule has 4 aromatic rings. The number of anilines is 2. The van der Waals surface area contributed by atoms with Gasteiger partial charge in [0.05, 0.1) is 12.3 Å². The predicted octanol–water partition coefficient (Wildman–Crippen LogP) is 4.50. The lowest BCUT2D eigenvalue weighted by atomic mass is 10.1. The highest BCUT2D eigenvalue weighted by Gasteiger charge is 2.17. The van der Waals surface area contributed by atoms with Gasteiger partial charge >= 0.3 is 5.63 Å². The third-order valence-corrected chi connectivity index (χ3v) is 5.77. The number of fused-ring (bicyclic) bond motifs is 1. The van der Waals surface area contributed by atoms with Crippen molar-refractivity contribution in [2.24, 2.45) is 0 Å². The average Bonchev–Trinajstić information content (AvgIpc) is 3.40. The SMILES string of the molecule is CCOc1cccc2cc(C(=O)Nc3cccc(-c4ccc(N5CCCC5)nn4)c3)c(=O)oc12. The van der Waals surface area contributed by atoms with E-state index >= 15 is 0 Å². The van der Waals surface area contributed by atoms with E-state index in [4.69, 9.17) is 9.15 Å². The zero-order valence-electron chi connectivity index (χ0n) is 18.8. The van der Waals surface area contributed by atoms with Crippen LogP contribution in [-0.4, -0.2) is 35.8 Å². The highest BCUT2D eigenvalue weighted by Crippen LogP contribution is 2.26. The van der Waals surface area contributed by atoms with Gasteiger partial charge in [0.25, 0.3) is 5.91 Å². The topological polar surface area (TPSA) is 97.6 Å². The average molecular weight is 457 g/mol. The third-order valence-electron chi connectivity index (χ3n) is 5.77. The minimum atomic E-state index is -0.725. The van der Waals surface area contributed by atoms with Crippen LogP contribution < -0.4 is 20.6 Å². The molecule has 8 nitrogen and oxygen atoms in total. The molecule has 2 aromatic heterocycles. The smallest absolute Gasteiger partial charge is 0.349 e. The van der Waals surface area contributed by atoms with E-state index in [0.29, 0.717) is 34.7 Å². The van der Waals surface area contributed by atoms with Gasteiger partial charge in [-0.3, -0.25) is 4.79 Å². The quantitative estimate of drug-likeness (QED) is 0.427. The van der Waals surface area contributed by atoms with Crippen LogP contribution in [0.1, 0.15) is 30.1 Å². The number of aromatic nitrogens is 2. The second-order valence-corrected chi connectivity index (χ2v) is 8.06. The number of hydrogen-bond donors (Lipinski definition) is 1. The molecule has 0 unspecified atom stereocenters. The molecule has 3 heterocycles. The van der Waals surface area contributed by atoms with E-state index in [0.717, 1.165) is 24.5 Å². The van der Waals surface area contributed by atoms with E-state index in [1.807, 2.05) is 31.2 Å². The Morgan fingerprint density at radius 1 is 1.06 bits per heavy atom. The van der Waals surface area contributed by atoms with Crippen molar-refractivity contribution in [1.29, 1.82) is 0 Å². The summed E-state index contributed by atoms with van der Waals surface area (Å²) in [5.74, 6) is 0.792. The fourth-order valence-electron chi connectivity index (χ4n) is 4.09. The fourth-order valence-corrected chi connectivity index (χ4v) is 4.09. The van der Waals surface area contributed by atoms with Crippen molar-refractivity contribution < 1.29 is 13.9 Å². The van der Waals surface area contributed by atoms with Crippen molar-refractivity contribution in [3.63, 3.8) is 0 Å². The fraction of sp³-hybridized carbons (Fsp3) is 0.231. The molecule has 0 radical (unpaired) electrons. The summed E-state index contributed by atoms with van der Waals surface area (Å²) in [6, 6.07) is 18.0. The lowest BCUT2D eigenvalue weighted by Crippen LogP contribution is -2.20. The van der Waals surface area contributed by atoms with Gasteiger partial charge in [0.2, 0.25) is 0 Å². The Kier molecular flexibility index (Phi) is 5.95. The number of amides is 1. The first-order valence-corrected chi connectivity index (χ1v) is 11.3. The number of para-hydroxylation sites is 1. The second kappa shape index (κ2) is 9.35. The zero-order chi connectivity index (χ0) is 23.5. The molecule has 1 amide bonds. The van der Waals surface area contributed by atoms with Crippen LogP contribution in [0.3, 0.4) is 0 Å². The standard InChI is InChI=1S/C26H24N4O4/c1-2-33-22-10-6-8-18-16-20(26(32)34-24(18)22)25(31)27-19-9-5-7-17(15-19)21-11-12-23(29-28-21)30-13-3-4-14-30/h5-12,15-16H,2-4,13-14H2,1H3,(H,27,31). The first kappa shape index (κ1) is 21.6. The largest absolute Gasteiger partial charge is 0.490 e. The summed E-state index contributed by atoms with van der Waals surface area (Å²) in [6.45, 7) is 4.30. The maximum atomic E-state index is 12.9. The monoisotopic (exact) mass is 456 g/mol. The van der Waals surface area contributed by atoms with Gasteiger partial charge in [-0.2, -0.15) is 0 Å². The van der Waals surface area contributed by atoms with Crippen LogP contribution in [0.25, 0.3) is 22.2 Å². The Labute approximate surface area is 196 Å². The molecule has 34 heavy (non-hydrogen) atoms. The number of nitrogens with zero attached hydrogens (tertiary/aromatic N) is 3. The highest BCUT2D eigenvalue weighted by atomic mass is 16.5. The molecule has 5 rings (SSSR count). The van der Waals surface area contributed by atoms with E-state index in [9.17, 15) is 9.59 Å². The molecule has 1 aliphatic rings. The van der Waals surface area contributed by atoms with E-state index < -0.39 is 11.5 Å². The lowest BCUT2D eigenvalue weighted by molar-refractivity contribution is 0.102. The van der Waals surface area contributed by atoms with Crippen LogP contribution in [0, 0.1) is 0 Å². The number of nitrogens with one attached hydrogen (secondary N) is 1. The molecule has 0 aliphatic carbocycles. The Hall–Kier alpha value is -4.20. The van der Waals surface area contributed by atoms with Crippen LogP contribution in [0.4, 0.5) is 11.5 Å². The van der Waals surface area contributed by atoms with E-state index in [-0.39, 0.29) is 5.56 Å². The summed E-state index contributed by atoms with van der Waals surface area (Å²) in [6.07, 6.45) is 2.35. The highest BCUT2D eigenvalue weighted by molar-refractivity contribution is 6.05. The van der Waals surface area contributed by atoms with Crippen molar-refractivity contribution >= 4 is 28.4 Å². The van der Waals surface area contributed by atoms with Gasteiger partial charge in [-0.05, 0) is 56.2 Å². The minimum Gasteiger partial charge on any atom is -0.490 e. The summed E-state index contributed by atoms with van der Waals surface area (Å²) in [5.41, 5.74) is 1.57. The first-order valence-electron chi connectivity index (χ1n) is 11.3. The molecule has 172 valence electrons. The summed E-state index contributed by atoms with van der Waals surface area (Å²) in [5, 5.41) is 12.1. The van der Waals surface area contributed by atoms with Gasteiger partial charge < -0.3 is 19.4 Å². The number of ether oxygens (including phenoxy) is 1. The van der Waals surface area contributed by atoms with Crippen molar-refractivity contribution in [3.8, 4) is 17.0 Å². The van der Waals surface area contributed by atoms with Gasteiger partial charge in [0.1, 0.15) is 5.56 Å². The van der Waals surface area contributed by atoms with Crippen molar-refractivity contribution in [3.05, 3.63) is 76.6 Å². The molecule has 0 atom stereocenters. The summed E-state index contributed by atoms with van der Waals surface area (Å²) in [7, 11) is 0. The summed E-state index contributed by atoms with van der Waals surface area (Å²) >= 11 is 0. The Bertz CT molecular complexity index is 1390. The molecule has 1 saturated heterocycles. The zero-order valence-corrected chi connectivity index (χ0v) is 18.8. The number of hydrogen-bond acceptors (Lipinski definition) is 7. The van der Waals surface area contributed by atoms with Crippen LogP contribution in [0.15, 0.2) is 69.9 Å². The van der Waals surface area contributed by atoms with E-state index in [2.05, 4.69) is 20.4 Å². The predicted molar refractivity (Wildman–Crippen MR) is 131 cm³/mol. The van der Waals surface area contributed by atoms with Gasteiger partial charge in [0.15, 0.2) is 17.2 Å². The molecular weight excluding hydrogens is 432 g/mol.